The first kappa shape index (κ1) is 11.8. The number of H-pyrrole nitrogens is 1. The minimum Gasteiger partial charge on any atom is -0.493 e. The van der Waals surface area contributed by atoms with Crippen molar-refractivity contribution in [2.75, 3.05) is 14.1 Å². The summed E-state index contributed by atoms with van der Waals surface area (Å²) in [5.41, 5.74) is -0.482. The van der Waals surface area contributed by atoms with Crippen molar-refractivity contribution < 1.29 is 35.4 Å². The molecule has 0 spiro atoms. The van der Waals surface area contributed by atoms with Gasteiger partial charge in [-0.3, -0.25) is 9.19 Å². The molecule has 7 nitrogen and oxygen atoms in total. The Hall–Kier alpha value is -2.75. The highest BCUT2D eigenvalue weighted by atomic mass is 32.2. The smallest absolute Gasteiger partial charge is 0.387 e. The van der Waals surface area contributed by atoms with Crippen molar-refractivity contribution in [2.24, 2.45) is 0 Å². The van der Waals surface area contributed by atoms with Crippen LogP contribution in [0.3, 0.4) is 0 Å². The summed E-state index contributed by atoms with van der Waals surface area (Å²) >= 11 is 0. The predicted octanol–water partition coefficient (Wildman–Crippen LogP) is 2.88. The molecule has 26 heavy (non-hydrogen) atoms. The highest BCUT2D eigenvalue weighted by Crippen LogP contribution is 2.30. The number of nitrogens with zero attached hydrogens (tertiary/aromatic N) is 2. The predicted molar refractivity (Wildman–Crippen MR) is 90.2 cm³/mol. The van der Waals surface area contributed by atoms with E-state index in [0.717, 1.165) is 0 Å². The molecule has 0 fully saturated rings. The van der Waals surface area contributed by atoms with Crippen molar-refractivity contribution in [2.45, 2.75) is 17.5 Å². The molecule has 0 saturated heterocycles. The van der Waals surface area contributed by atoms with Crippen LogP contribution in [-0.2, 0) is 16.6 Å². The van der Waals surface area contributed by atoms with E-state index in [1.807, 2.05) is 0 Å². The maximum absolute atomic E-state index is 12.9. The molecule has 0 radical (unpaired) electrons. The van der Waals surface area contributed by atoms with Crippen LogP contribution in [0.25, 0.3) is 11.0 Å². The number of aromatic nitrogens is 3. The van der Waals surface area contributed by atoms with E-state index in [9.17, 15) is 13.0 Å². The number of aromatic amines is 1. The van der Waals surface area contributed by atoms with Crippen molar-refractivity contribution in [3.8, 4) is 17.2 Å². The van der Waals surface area contributed by atoms with E-state index in [1.165, 1.54) is 19.4 Å². The minimum atomic E-state index is -3.31. The van der Waals surface area contributed by atoms with E-state index in [1.54, 1.807) is 0 Å². The number of benzene rings is 1. The zero-order valence-electron chi connectivity index (χ0n) is 19.1. The Bertz CT molecular complexity index is 1190. The van der Waals surface area contributed by atoms with Gasteiger partial charge in [0.05, 0.1) is 55.7 Å². The molecule has 1 atom stereocenters. The number of alkyl halides is 2. The average Bonchev–Trinajstić information content (AvgIpc) is 3.15. The molecule has 0 amide bonds. The van der Waals surface area contributed by atoms with Gasteiger partial charge < -0.3 is 19.2 Å². The summed E-state index contributed by atoms with van der Waals surface area (Å²) in [4.78, 5) is 10.5. The van der Waals surface area contributed by atoms with Gasteiger partial charge in [0.1, 0.15) is 5.75 Å². The molecule has 2 aromatic heterocycles. The molecule has 1 aromatic carbocycles. The topological polar surface area (TPSA) is 86.3 Å². The number of methoxy groups -OCH3 is 2. The molecule has 3 aromatic rings. The monoisotopic (exact) mass is 389 g/mol. The largest absolute Gasteiger partial charge is 0.493 e. The number of hydrogen-bond acceptors (Lipinski definition) is 6. The Morgan fingerprint density at radius 3 is 3.00 bits per heavy atom. The summed E-state index contributed by atoms with van der Waals surface area (Å²) in [7, 11) is -3.57. The standard InChI is InChI=1S/C16H15F2N3O4S/c1-23-13-5-6-19-12(14(13)24-2)8-26(22)16-20-10-4-3-9(25-15(17)18)7-11(10)21-16/h3-7,15H,8H2,1-2H3,(H,20,21)/i2D3,3D,4D,7D. The lowest BCUT2D eigenvalue weighted by molar-refractivity contribution is -0.0497. The van der Waals surface area contributed by atoms with Crippen molar-refractivity contribution in [3.63, 3.8) is 0 Å². The van der Waals surface area contributed by atoms with Gasteiger partial charge >= 0.3 is 6.61 Å². The Morgan fingerprint density at radius 1 is 1.42 bits per heavy atom. The molecule has 1 unspecified atom stereocenters. The van der Waals surface area contributed by atoms with Gasteiger partial charge in [-0.25, -0.2) is 4.98 Å². The SMILES string of the molecule is [2H]c1c(OC(F)F)c([2H])c2[nH]c(S(=O)Cc3nccc(OC)c3OC([2H])([2H])[2H])nc2c1[2H]. The molecule has 138 valence electrons. The van der Waals surface area contributed by atoms with Gasteiger partial charge in [-0.05, 0) is 12.1 Å². The van der Waals surface area contributed by atoms with Gasteiger partial charge in [0.15, 0.2) is 16.7 Å². The Morgan fingerprint density at radius 2 is 2.27 bits per heavy atom. The number of halogens is 2. The van der Waals surface area contributed by atoms with Crippen LogP contribution in [-0.4, -0.2) is 39.9 Å². The molecule has 10 heteroatoms. The summed E-state index contributed by atoms with van der Waals surface area (Å²) in [5, 5.41) is -0.250. The van der Waals surface area contributed by atoms with Gasteiger partial charge in [0, 0.05) is 18.3 Å². The van der Waals surface area contributed by atoms with Crippen LogP contribution in [0.1, 0.15) is 13.9 Å². The number of ether oxygens (including phenoxy) is 3. The highest BCUT2D eigenvalue weighted by molar-refractivity contribution is 7.84. The normalized spacial score (nSPS) is 16.2. The van der Waals surface area contributed by atoms with Gasteiger partial charge in [-0.1, -0.05) is 0 Å². The molecule has 0 saturated carbocycles. The molecule has 0 bridgehead atoms. The lowest BCUT2D eigenvalue weighted by atomic mass is 10.3. The number of nitrogens with one attached hydrogen (secondary N) is 1. The fourth-order valence-corrected chi connectivity index (χ4v) is 3.09. The van der Waals surface area contributed by atoms with Crippen molar-refractivity contribution in [1.29, 1.82) is 0 Å². The van der Waals surface area contributed by atoms with Crippen LogP contribution < -0.4 is 14.2 Å². The Balaban J connectivity index is 2.02. The van der Waals surface area contributed by atoms with E-state index in [0.29, 0.717) is 0 Å². The lowest BCUT2D eigenvalue weighted by Gasteiger charge is -2.10. The summed E-state index contributed by atoms with van der Waals surface area (Å²) < 4.78 is 97.9. The Kier molecular flexibility index (Phi) is 3.47. The van der Waals surface area contributed by atoms with Crippen LogP contribution in [0.5, 0.6) is 17.2 Å². The summed E-state index contributed by atoms with van der Waals surface area (Å²) in [6, 6.07) is -0.664. The van der Waals surface area contributed by atoms with Gasteiger partial charge in [-0.2, -0.15) is 8.78 Å². The number of imidazole rings is 1. The maximum atomic E-state index is 12.9. The number of hydrogen-bond donors (Lipinski definition) is 1. The van der Waals surface area contributed by atoms with Crippen LogP contribution in [0.2, 0.25) is 0 Å². The second-order valence-corrected chi connectivity index (χ2v) is 6.10. The van der Waals surface area contributed by atoms with Crippen LogP contribution in [0, 0.1) is 0 Å². The summed E-state index contributed by atoms with van der Waals surface area (Å²) in [5.74, 6) is -1.41. The zero-order valence-corrected chi connectivity index (χ0v) is 13.9. The van der Waals surface area contributed by atoms with Crippen LogP contribution >= 0.6 is 0 Å². The van der Waals surface area contributed by atoms with Gasteiger partial charge in [0.25, 0.3) is 0 Å². The van der Waals surface area contributed by atoms with E-state index >= 15 is 0 Å². The molecule has 0 aliphatic carbocycles. The molecular formula is C16H15F2N3O4S. The van der Waals surface area contributed by atoms with E-state index < -0.39 is 54.1 Å². The third-order valence-electron chi connectivity index (χ3n) is 3.17. The third-order valence-corrected chi connectivity index (χ3v) is 4.33. The number of pyridine rings is 1. The van der Waals surface area contributed by atoms with Gasteiger partial charge in [0.2, 0.25) is 0 Å². The minimum absolute atomic E-state index is 0.0284. The lowest BCUT2D eigenvalue weighted by Crippen LogP contribution is -2.04. The first-order valence-electron chi connectivity index (χ1n) is 9.96. The quantitative estimate of drug-likeness (QED) is 0.669. The average molecular weight is 389 g/mol. The first-order chi connectivity index (χ1) is 14.9. The van der Waals surface area contributed by atoms with Crippen molar-refractivity contribution in [1.82, 2.24) is 15.0 Å². The number of fused-ring (bicyclic) bond motifs is 1. The van der Waals surface area contributed by atoms with Gasteiger partial charge in [-0.15, -0.1) is 0 Å². The third kappa shape index (κ3) is 3.74. The fraction of sp³-hybridized carbons (Fsp3) is 0.250. The first-order valence-corrected chi connectivity index (χ1v) is 8.28. The summed E-state index contributed by atoms with van der Waals surface area (Å²) in [6.45, 7) is -3.31. The molecule has 1 N–H and O–H groups in total. The summed E-state index contributed by atoms with van der Waals surface area (Å²) in [6.07, 6.45) is 1.29. The van der Waals surface area contributed by atoms with E-state index in [2.05, 4.69) is 19.7 Å². The molecular weight excluding hydrogens is 368 g/mol. The maximum Gasteiger partial charge on any atom is 0.387 e. The second-order valence-electron chi connectivity index (χ2n) is 4.73. The molecule has 2 heterocycles. The Labute approximate surface area is 158 Å². The van der Waals surface area contributed by atoms with Crippen molar-refractivity contribution in [3.05, 3.63) is 36.1 Å². The number of rotatable bonds is 7. The van der Waals surface area contributed by atoms with E-state index in [4.69, 9.17) is 17.7 Å². The second kappa shape index (κ2) is 7.65. The fourth-order valence-electron chi connectivity index (χ4n) is 2.09. The highest BCUT2D eigenvalue weighted by Gasteiger charge is 2.17. The molecule has 0 aliphatic rings. The van der Waals surface area contributed by atoms with Crippen LogP contribution in [0.4, 0.5) is 8.78 Å². The van der Waals surface area contributed by atoms with Crippen LogP contribution in [0.15, 0.2) is 35.5 Å². The van der Waals surface area contributed by atoms with Crippen molar-refractivity contribution >= 4 is 21.8 Å². The molecule has 0 aliphatic heterocycles. The van der Waals surface area contributed by atoms with E-state index in [-0.39, 0.29) is 33.4 Å². The zero-order chi connectivity index (χ0) is 23.8. The molecule has 3 rings (SSSR count).